The Morgan fingerprint density at radius 3 is 2.52 bits per heavy atom. The summed E-state index contributed by atoms with van der Waals surface area (Å²) in [6, 6.07) is 8.66. The molecule has 1 aromatic carbocycles. The van der Waals surface area contributed by atoms with Crippen LogP contribution >= 0.6 is 22.7 Å². The number of aryl methyl sites for hydroxylation is 2. The molecule has 2 amide bonds. The summed E-state index contributed by atoms with van der Waals surface area (Å²) in [5.74, 6) is -2.03. The van der Waals surface area contributed by atoms with E-state index in [9.17, 15) is 18.4 Å². The molecular formula is C19H18F2N4O2S2. The van der Waals surface area contributed by atoms with Gasteiger partial charge in [0.15, 0.2) is 5.13 Å². The molecule has 0 fully saturated rings. The van der Waals surface area contributed by atoms with E-state index in [0.717, 1.165) is 31.8 Å². The SMILES string of the molecule is Cc1nc(C)c(-c2csc(NC(=O)C(=O)N(Cc3ccccc3)CC(F)F)n2)s1. The molecule has 2 aromatic heterocycles. The summed E-state index contributed by atoms with van der Waals surface area (Å²) in [7, 11) is 0. The number of halogens is 2. The van der Waals surface area contributed by atoms with E-state index in [1.54, 1.807) is 35.7 Å². The van der Waals surface area contributed by atoms with Crippen molar-refractivity contribution in [3.8, 4) is 10.6 Å². The predicted molar refractivity (Wildman–Crippen MR) is 109 cm³/mol. The van der Waals surface area contributed by atoms with Gasteiger partial charge in [-0.25, -0.2) is 18.7 Å². The van der Waals surface area contributed by atoms with Crippen LogP contribution in [0.1, 0.15) is 16.3 Å². The molecule has 3 rings (SSSR count). The van der Waals surface area contributed by atoms with Gasteiger partial charge >= 0.3 is 11.8 Å². The van der Waals surface area contributed by atoms with Crippen LogP contribution in [0.3, 0.4) is 0 Å². The van der Waals surface area contributed by atoms with E-state index in [-0.39, 0.29) is 11.7 Å². The van der Waals surface area contributed by atoms with E-state index in [4.69, 9.17) is 0 Å². The Morgan fingerprint density at radius 2 is 1.90 bits per heavy atom. The third kappa shape index (κ3) is 5.42. The van der Waals surface area contributed by atoms with Crippen molar-refractivity contribution in [2.24, 2.45) is 0 Å². The third-order valence-corrected chi connectivity index (χ3v) is 5.77. The molecule has 0 aliphatic heterocycles. The second kappa shape index (κ2) is 9.19. The highest BCUT2D eigenvalue weighted by molar-refractivity contribution is 7.17. The molecule has 0 saturated carbocycles. The zero-order valence-electron chi connectivity index (χ0n) is 15.7. The molecule has 0 spiro atoms. The zero-order chi connectivity index (χ0) is 21.0. The summed E-state index contributed by atoms with van der Waals surface area (Å²) < 4.78 is 25.9. The van der Waals surface area contributed by atoms with Gasteiger partial charge in [-0.15, -0.1) is 22.7 Å². The number of benzene rings is 1. The molecule has 152 valence electrons. The van der Waals surface area contributed by atoms with Crippen LogP contribution in [0.5, 0.6) is 0 Å². The first-order chi connectivity index (χ1) is 13.8. The van der Waals surface area contributed by atoms with Crippen LogP contribution in [0.2, 0.25) is 0 Å². The Bertz CT molecular complexity index is 1000. The Labute approximate surface area is 174 Å². The molecule has 0 atom stereocenters. The molecule has 6 nitrogen and oxygen atoms in total. The highest BCUT2D eigenvalue weighted by Crippen LogP contribution is 2.32. The fourth-order valence-corrected chi connectivity index (χ4v) is 4.34. The van der Waals surface area contributed by atoms with Crippen LogP contribution in [0.4, 0.5) is 13.9 Å². The van der Waals surface area contributed by atoms with E-state index in [0.29, 0.717) is 11.3 Å². The van der Waals surface area contributed by atoms with Crippen molar-refractivity contribution in [2.45, 2.75) is 26.8 Å². The molecule has 10 heteroatoms. The van der Waals surface area contributed by atoms with Crippen LogP contribution in [-0.4, -0.2) is 39.7 Å². The second-order valence-corrected chi connectivity index (χ2v) is 8.26. The van der Waals surface area contributed by atoms with E-state index in [1.807, 2.05) is 13.8 Å². The van der Waals surface area contributed by atoms with Crippen molar-refractivity contribution < 1.29 is 18.4 Å². The van der Waals surface area contributed by atoms with Gasteiger partial charge in [0.2, 0.25) is 0 Å². The number of hydrogen-bond acceptors (Lipinski definition) is 6. The van der Waals surface area contributed by atoms with Crippen molar-refractivity contribution in [2.75, 3.05) is 11.9 Å². The van der Waals surface area contributed by atoms with E-state index < -0.39 is 24.8 Å². The summed E-state index contributed by atoms with van der Waals surface area (Å²) in [5.41, 5.74) is 2.13. The van der Waals surface area contributed by atoms with Crippen LogP contribution in [-0.2, 0) is 16.1 Å². The number of rotatable bonds is 6. The first-order valence-corrected chi connectivity index (χ1v) is 10.4. The fourth-order valence-electron chi connectivity index (χ4n) is 2.69. The largest absolute Gasteiger partial charge is 0.324 e. The van der Waals surface area contributed by atoms with Gasteiger partial charge in [-0.2, -0.15) is 0 Å². The summed E-state index contributed by atoms with van der Waals surface area (Å²) in [4.78, 5) is 35.2. The molecule has 2 heterocycles. The highest BCUT2D eigenvalue weighted by Gasteiger charge is 2.26. The zero-order valence-corrected chi connectivity index (χ0v) is 17.3. The topological polar surface area (TPSA) is 75.2 Å². The third-order valence-electron chi connectivity index (χ3n) is 3.92. The second-order valence-electron chi connectivity index (χ2n) is 6.20. The number of carbonyl (C=O) groups is 2. The van der Waals surface area contributed by atoms with Crippen molar-refractivity contribution in [1.29, 1.82) is 0 Å². The van der Waals surface area contributed by atoms with Gasteiger partial charge in [-0.1, -0.05) is 30.3 Å². The van der Waals surface area contributed by atoms with Crippen LogP contribution < -0.4 is 5.32 Å². The number of amides is 2. The Balaban J connectivity index is 1.71. The Kier molecular flexibility index (Phi) is 6.65. The highest BCUT2D eigenvalue weighted by atomic mass is 32.1. The predicted octanol–water partition coefficient (Wildman–Crippen LogP) is 4.12. The molecule has 1 N–H and O–H groups in total. The lowest BCUT2D eigenvalue weighted by atomic mass is 10.2. The molecule has 0 bridgehead atoms. The lowest BCUT2D eigenvalue weighted by Crippen LogP contribution is -2.41. The van der Waals surface area contributed by atoms with E-state index >= 15 is 0 Å². The Hall–Kier alpha value is -2.72. The first kappa shape index (κ1) is 21.0. The van der Waals surface area contributed by atoms with Crippen molar-refractivity contribution in [3.05, 3.63) is 52.0 Å². The van der Waals surface area contributed by atoms with Crippen LogP contribution in [0.25, 0.3) is 10.6 Å². The Morgan fingerprint density at radius 1 is 1.17 bits per heavy atom. The quantitative estimate of drug-likeness (QED) is 0.590. The van der Waals surface area contributed by atoms with Gasteiger partial charge in [-0.05, 0) is 19.4 Å². The fraction of sp³-hybridized carbons (Fsp3) is 0.263. The first-order valence-electron chi connectivity index (χ1n) is 8.65. The molecule has 29 heavy (non-hydrogen) atoms. The molecule has 0 saturated heterocycles. The number of nitrogens with zero attached hydrogens (tertiary/aromatic N) is 3. The maximum atomic E-state index is 12.9. The average Bonchev–Trinajstić information content (AvgIpc) is 3.26. The van der Waals surface area contributed by atoms with Crippen molar-refractivity contribution in [3.63, 3.8) is 0 Å². The normalized spacial score (nSPS) is 10.9. The molecule has 0 unspecified atom stereocenters. The number of thiazole rings is 2. The molecule has 0 aliphatic rings. The van der Waals surface area contributed by atoms with Crippen LogP contribution in [0, 0.1) is 13.8 Å². The minimum atomic E-state index is -2.75. The summed E-state index contributed by atoms with van der Waals surface area (Å²) in [6.07, 6.45) is -2.75. The van der Waals surface area contributed by atoms with E-state index in [2.05, 4.69) is 15.3 Å². The molecule has 0 aliphatic carbocycles. The molecule has 3 aromatic rings. The van der Waals surface area contributed by atoms with Gasteiger partial charge in [0.05, 0.1) is 27.8 Å². The number of alkyl halides is 2. The lowest BCUT2D eigenvalue weighted by Gasteiger charge is -2.21. The van der Waals surface area contributed by atoms with Crippen molar-refractivity contribution >= 4 is 39.6 Å². The van der Waals surface area contributed by atoms with Gasteiger partial charge in [0.1, 0.15) is 0 Å². The number of hydrogen-bond donors (Lipinski definition) is 1. The number of carbonyl (C=O) groups excluding carboxylic acids is 2. The maximum absolute atomic E-state index is 12.9. The van der Waals surface area contributed by atoms with E-state index in [1.165, 1.54) is 11.3 Å². The number of aromatic nitrogens is 2. The lowest BCUT2D eigenvalue weighted by molar-refractivity contribution is -0.144. The van der Waals surface area contributed by atoms with Crippen LogP contribution in [0.15, 0.2) is 35.7 Å². The summed E-state index contributed by atoms with van der Waals surface area (Å²) in [5, 5.41) is 5.29. The van der Waals surface area contributed by atoms with Gasteiger partial charge in [0.25, 0.3) is 6.43 Å². The maximum Gasteiger partial charge on any atom is 0.315 e. The summed E-state index contributed by atoms with van der Waals surface area (Å²) >= 11 is 2.64. The van der Waals surface area contributed by atoms with Gasteiger partial charge in [-0.3, -0.25) is 14.9 Å². The standard InChI is InChI=1S/C19H18F2N4O2S2/c1-11-16(29-12(2)22-11)14-10-28-19(23-14)24-17(26)18(27)25(9-15(20)21)8-13-6-4-3-5-7-13/h3-7,10,15H,8-9H2,1-2H3,(H,23,24,26). The molecular weight excluding hydrogens is 418 g/mol. The minimum Gasteiger partial charge on any atom is -0.324 e. The van der Waals surface area contributed by atoms with Gasteiger partial charge in [0, 0.05) is 11.9 Å². The molecule has 0 radical (unpaired) electrons. The smallest absolute Gasteiger partial charge is 0.315 e. The van der Waals surface area contributed by atoms with Crippen molar-refractivity contribution in [1.82, 2.24) is 14.9 Å². The average molecular weight is 437 g/mol. The number of anilines is 1. The number of nitrogens with one attached hydrogen (secondary N) is 1. The summed E-state index contributed by atoms with van der Waals surface area (Å²) in [6.45, 7) is 2.84. The van der Waals surface area contributed by atoms with Gasteiger partial charge < -0.3 is 4.90 Å². The monoisotopic (exact) mass is 436 g/mol. The minimum absolute atomic E-state index is 0.0834.